The number of carbonyl (C=O) groups is 1. The van der Waals surface area contributed by atoms with Crippen molar-refractivity contribution < 1.29 is 18.3 Å². The molecular weight excluding hydrogens is 415 g/mol. The molecule has 1 aliphatic heterocycles. The van der Waals surface area contributed by atoms with E-state index >= 15 is 0 Å². The van der Waals surface area contributed by atoms with Crippen LogP contribution in [-0.2, 0) is 9.53 Å². The van der Waals surface area contributed by atoms with Gasteiger partial charge in [0.25, 0.3) is 5.91 Å². The van der Waals surface area contributed by atoms with Gasteiger partial charge < -0.3 is 9.15 Å². The summed E-state index contributed by atoms with van der Waals surface area (Å²) >= 11 is 1.29. The lowest BCUT2D eigenvalue weighted by molar-refractivity contribution is -0.122. The lowest BCUT2D eigenvalue weighted by atomic mass is 10.2. The van der Waals surface area contributed by atoms with Crippen LogP contribution in [0.5, 0.6) is 0 Å². The van der Waals surface area contributed by atoms with Crippen LogP contribution in [0.4, 0.5) is 10.1 Å². The van der Waals surface area contributed by atoms with Gasteiger partial charge in [-0.1, -0.05) is 30.3 Å². The zero-order valence-corrected chi connectivity index (χ0v) is 17.8. The van der Waals surface area contributed by atoms with Crippen molar-refractivity contribution in [1.82, 2.24) is 4.90 Å². The first-order valence-electron chi connectivity index (χ1n) is 9.92. The molecule has 1 amide bonds. The summed E-state index contributed by atoms with van der Waals surface area (Å²) in [5.41, 5.74) is 1.41. The summed E-state index contributed by atoms with van der Waals surface area (Å²) in [6.45, 7) is 3.33. The van der Waals surface area contributed by atoms with Crippen molar-refractivity contribution in [3.8, 4) is 11.3 Å². The fraction of sp³-hybridized carbons (Fsp3) is 0.167. The highest BCUT2D eigenvalue weighted by atomic mass is 32.2. The minimum atomic E-state index is -0.331. The predicted molar refractivity (Wildman–Crippen MR) is 121 cm³/mol. The van der Waals surface area contributed by atoms with Gasteiger partial charge in [-0.25, -0.2) is 9.38 Å². The molecule has 31 heavy (non-hydrogen) atoms. The molecule has 1 fully saturated rings. The number of halogens is 1. The Balaban J connectivity index is 1.60. The second-order valence-corrected chi connectivity index (χ2v) is 7.72. The minimum Gasteiger partial charge on any atom is -0.457 e. The van der Waals surface area contributed by atoms with Gasteiger partial charge in [0.2, 0.25) is 0 Å². The predicted octanol–water partition coefficient (Wildman–Crippen LogP) is 5.73. The smallest absolute Gasteiger partial charge is 0.266 e. The molecule has 0 aliphatic carbocycles. The number of ether oxygens (including phenoxy) is 1. The highest BCUT2D eigenvalue weighted by molar-refractivity contribution is 8.18. The van der Waals surface area contributed by atoms with Gasteiger partial charge >= 0.3 is 0 Å². The maximum Gasteiger partial charge on any atom is 0.266 e. The summed E-state index contributed by atoms with van der Waals surface area (Å²) in [4.78, 5) is 19.8. The molecule has 1 saturated heterocycles. The molecule has 3 aromatic rings. The van der Waals surface area contributed by atoms with Crippen molar-refractivity contribution in [3.63, 3.8) is 0 Å². The molecule has 0 N–H and O–H groups in total. The highest BCUT2D eigenvalue weighted by Gasteiger charge is 2.33. The van der Waals surface area contributed by atoms with E-state index in [1.54, 1.807) is 35.2 Å². The van der Waals surface area contributed by atoms with E-state index in [9.17, 15) is 9.18 Å². The molecule has 2 heterocycles. The summed E-state index contributed by atoms with van der Waals surface area (Å²) < 4.78 is 24.8. The third-order valence-corrected chi connectivity index (χ3v) is 5.55. The first kappa shape index (κ1) is 21.1. The van der Waals surface area contributed by atoms with Crippen molar-refractivity contribution in [2.24, 2.45) is 4.99 Å². The number of aliphatic imine (C=N–C) groups is 1. The van der Waals surface area contributed by atoms with Crippen LogP contribution in [0.2, 0.25) is 0 Å². The minimum absolute atomic E-state index is 0.150. The molecular formula is C24H21FN2O3S. The number of amidine groups is 1. The average Bonchev–Trinajstić information content (AvgIpc) is 3.35. The summed E-state index contributed by atoms with van der Waals surface area (Å²) in [5.74, 6) is 0.569. The number of nitrogens with zero attached hydrogens (tertiary/aromatic N) is 2. The SMILES string of the molecule is CCOCCN1C(=O)/C(=C/c2ccc(-c3cccc(F)c3)o2)SC1=Nc1ccccc1. The molecule has 1 aliphatic rings. The van der Waals surface area contributed by atoms with E-state index in [0.717, 1.165) is 5.69 Å². The topological polar surface area (TPSA) is 55.0 Å². The first-order chi connectivity index (χ1) is 15.1. The van der Waals surface area contributed by atoms with Crippen LogP contribution in [0, 0.1) is 5.82 Å². The number of rotatable bonds is 7. The highest BCUT2D eigenvalue weighted by Crippen LogP contribution is 2.35. The number of hydrogen-bond acceptors (Lipinski definition) is 5. The lowest BCUT2D eigenvalue weighted by Gasteiger charge is -2.15. The van der Waals surface area contributed by atoms with E-state index in [2.05, 4.69) is 4.99 Å². The van der Waals surface area contributed by atoms with Crippen molar-refractivity contribution in [1.29, 1.82) is 0 Å². The molecule has 5 nitrogen and oxygen atoms in total. The van der Waals surface area contributed by atoms with Gasteiger partial charge in [0.15, 0.2) is 5.17 Å². The van der Waals surface area contributed by atoms with Crippen LogP contribution in [0.1, 0.15) is 12.7 Å². The maximum atomic E-state index is 13.5. The lowest BCUT2D eigenvalue weighted by Crippen LogP contribution is -2.32. The largest absolute Gasteiger partial charge is 0.457 e. The number of benzene rings is 2. The van der Waals surface area contributed by atoms with Crippen LogP contribution in [-0.4, -0.2) is 35.7 Å². The molecule has 0 saturated carbocycles. The molecule has 7 heteroatoms. The normalized spacial score (nSPS) is 16.6. The van der Waals surface area contributed by atoms with Gasteiger partial charge in [0.1, 0.15) is 17.3 Å². The van der Waals surface area contributed by atoms with Gasteiger partial charge in [0.05, 0.1) is 23.7 Å². The summed E-state index contributed by atoms with van der Waals surface area (Å²) in [7, 11) is 0. The Bertz CT molecular complexity index is 1120. The standard InChI is InChI=1S/C24H21FN2O3S/c1-2-29-14-13-27-23(28)22(31-24(27)26-19-9-4-3-5-10-19)16-20-11-12-21(30-20)17-7-6-8-18(25)15-17/h3-12,15-16H,2,13-14H2,1H3/b22-16-,26-24?. The van der Waals surface area contributed by atoms with Crippen LogP contribution in [0.25, 0.3) is 17.4 Å². The fourth-order valence-electron chi connectivity index (χ4n) is 3.06. The quantitative estimate of drug-likeness (QED) is 0.351. The van der Waals surface area contributed by atoms with Crippen LogP contribution in [0.3, 0.4) is 0 Å². The van der Waals surface area contributed by atoms with Gasteiger partial charge in [-0.3, -0.25) is 9.69 Å². The Kier molecular flexibility index (Phi) is 6.64. The number of thioether (sulfide) groups is 1. The van der Waals surface area contributed by atoms with Crippen molar-refractivity contribution >= 4 is 34.6 Å². The first-order valence-corrected chi connectivity index (χ1v) is 10.7. The van der Waals surface area contributed by atoms with E-state index < -0.39 is 0 Å². The number of furan rings is 1. The zero-order valence-electron chi connectivity index (χ0n) is 17.0. The monoisotopic (exact) mass is 436 g/mol. The molecule has 158 valence electrons. The van der Waals surface area contributed by atoms with Crippen molar-refractivity contribution in [2.45, 2.75) is 6.92 Å². The van der Waals surface area contributed by atoms with Gasteiger partial charge in [0, 0.05) is 18.2 Å². The Morgan fingerprint density at radius 2 is 1.97 bits per heavy atom. The third-order valence-electron chi connectivity index (χ3n) is 4.54. The summed E-state index contributed by atoms with van der Waals surface area (Å²) in [6.07, 6.45) is 1.69. The van der Waals surface area contributed by atoms with Crippen LogP contribution < -0.4 is 0 Å². The molecule has 0 bridgehead atoms. The molecule has 1 aromatic heterocycles. The van der Waals surface area contributed by atoms with E-state index in [0.29, 0.717) is 46.9 Å². The average molecular weight is 437 g/mol. The van der Waals surface area contributed by atoms with Crippen LogP contribution in [0.15, 0.2) is 81.0 Å². The molecule has 4 rings (SSSR count). The molecule has 2 aromatic carbocycles. The second kappa shape index (κ2) is 9.76. The van der Waals surface area contributed by atoms with Gasteiger partial charge in [-0.05, 0) is 55.1 Å². The fourth-order valence-corrected chi connectivity index (χ4v) is 4.06. The summed E-state index contributed by atoms with van der Waals surface area (Å²) in [6, 6.07) is 19.2. The van der Waals surface area contributed by atoms with E-state index in [1.165, 1.54) is 23.9 Å². The van der Waals surface area contributed by atoms with Gasteiger partial charge in [-0.2, -0.15) is 0 Å². The number of para-hydroxylation sites is 1. The third kappa shape index (κ3) is 5.13. The molecule has 0 unspecified atom stereocenters. The Morgan fingerprint density at radius 1 is 1.13 bits per heavy atom. The van der Waals surface area contributed by atoms with Gasteiger partial charge in [-0.15, -0.1) is 0 Å². The van der Waals surface area contributed by atoms with E-state index in [1.807, 2.05) is 37.3 Å². The number of hydrogen-bond donors (Lipinski definition) is 0. The Morgan fingerprint density at radius 3 is 2.74 bits per heavy atom. The summed E-state index contributed by atoms with van der Waals surface area (Å²) in [5, 5.41) is 0.596. The Hall–Kier alpha value is -3.16. The Labute approximate surface area is 184 Å². The second-order valence-electron chi connectivity index (χ2n) is 6.71. The van der Waals surface area contributed by atoms with Crippen molar-refractivity contribution in [2.75, 3.05) is 19.8 Å². The number of carbonyl (C=O) groups excluding carboxylic acids is 1. The van der Waals surface area contributed by atoms with Crippen molar-refractivity contribution in [3.05, 3.63) is 83.2 Å². The molecule has 0 atom stereocenters. The van der Waals surface area contributed by atoms with E-state index in [-0.39, 0.29) is 11.7 Å². The van der Waals surface area contributed by atoms with E-state index in [4.69, 9.17) is 9.15 Å². The maximum absolute atomic E-state index is 13.5. The molecule has 0 spiro atoms. The zero-order chi connectivity index (χ0) is 21.6. The molecule has 0 radical (unpaired) electrons. The van der Waals surface area contributed by atoms with Crippen LogP contribution >= 0.6 is 11.8 Å². The number of amides is 1.